The number of nitrogens with one attached hydrogen (secondary N) is 1. The third-order valence-corrected chi connectivity index (χ3v) is 9.19. The molecule has 2 amide bonds. The Bertz CT molecular complexity index is 1590. The van der Waals surface area contributed by atoms with Gasteiger partial charge in [-0.15, -0.1) is 0 Å². The lowest BCUT2D eigenvalue weighted by Crippen LogP contribution is -2.54. The van der Waals surface area contributed by atoms with Gasteiger partial charge in [0.05, 0.1) is 31.4 Å². The van der Waals surface area contributed by atoms with E-state index in [-0.39, 0.29) is 22.9 Å². The van der Waals surface area contributed by atoms with Gasteiger partial charge in [-0.2, -0.15) is 0 Å². The lowest BCUT2D eigenvalue weighted by molar-refractivity contribution is -0.140. The molecule has 0 radical (unpaired) electrons. The molecule has 244 valence electrons. The average molecular weight is 681 g/mol. The van der Waals surface area contributed by atoms with Gasteiger partial charge in [-0.25, -0.2) is 8.42 Å². The van der Waals surface area contributed by atoms with Crippen molar-refractivity contribution in [3.8, 4) is 17.2 Å². The third-order valence-electron chi connectivity index (χ3n) is 6.71. The van der Waals surface area contributed by atoms with Crippen LogP contribution in [0.4, 0.5) is 5.69 Å². The maximum atomic E-state index is 14.2. The highest BCUT2D eigenvalue weighted by atomic mass is 35.5. The maximum absolute atomic E-state index is 14.2. The molecular formula is C32H39Cl2N3O7S. The fourth-order valence-electron chi connectivity index (χ4n) is 4.42. The van der Waals surface area contributed by atoms with Crippen molar-refractivity contribution in [2.24, 2.45) is 0 Å². The molecule has 0 aliphatic heterocycles. The predicted molar refractivity (Wildman–Crippen MR) is 176 cm³/mol. The summed E-state index contributed by atoms with van der Waals surface area (Å²) < 4.78 is 45.6. The van der Waals surface area contributed by atoms with Crippen molar-refractivity contribution in [2.45, 2.75) is 57.6 Å². The predicted octanol–water partition coefficient (Wildman–Crippen LogP) is 5.94. The summed E-state index contributed by atoms with van der Waals surface area (Å²) >= 11 is 12.9. The molecule has 1 atom stereocenters. The number of anilines is 1. The molecule has 0 aliphatic carbocycles. The normalized spacial score (nSPS) is 12.2. The standard InChI is InChI=1S/C32H39Cl2N3O7S/c1-8-44-23-14-12-22(13-15-23)37(45(40,41)24-16-17-28(42-6)29(18-24)43-7)20-30(38)36(21(2)31(39)35-32(3,4)5)19-25-26(33)10-9-11-27(25)34/h9-18,21H,8,19-20H2,1-7H3,(H,35,39)/t21-/m0/s1. The van der Waals surface area contributed by atoms with E-state index in [2.05, 4.69) is 5.32 Å². The summed E-state index contributed by atoms with van der Waals surface area (Å²) in [5.74, 6) is -0.0472. The molecule has 0 saturated carbocycles. The Morgan fingerprint density at radius 1 is 0.933 bits per heavy atom. The highest BCUT2D eigenvalue weighted by Gasteiger charge is 2.34. The van der Waals surface area contributed by atoms with Gasteiger partial charge < -0.3 is 24.4 Å². The molecular weight excluding hydrogens is 641 g/mol. The number of halogens is 2. The lowest BCUT2D eigenvalue weighted by Gasteiger charge is -2.34. The first-order valence-electron chi connectivity index (χ1n) is 14.1. The molecule has 3 aromatic rings. The van der Waals surface area contributed by atoms with Crippen LogP contribution in [-0.4, -0.2) is 64.1 Å². The summed E-state index contributed by atoms with van der Waals surface area (Å²) in [5, 5.41) is 3.47. The number of sulfonamides is 1. The second kappa shape index (κ2) is 15.1. The fraction of sp³-hybridized carbons (Fsp3) is 0.375. The molecule has 0 unspecified atom stereocenters. The van der Waals surface area contributed by atoms with Gasteiger partial charge in [-0.3, -0.25) is 13.9 Å². The van der Waals surface area contributed by atoms with E-state index in [1.54, 1.807) is 49.4 Å². The van der Waals surface area contributed by atoms with Gasteiger partial charge in [0.2, 0.25) is 11.8 Å². The lowest BCUT2D eigenvalue weighted by atomic mass is 10.1. The zero-order valence-corrected chi connectivity index (χ0v) is 28.7. The average Bonchev–Trinajstić information content (AvgIpc) is 2.98. The van der Waals surface area contributed by atoms with Gasteiger partial charge in [-0.1, -0.05) is 29.3 Å². The molecule has 0 heterocycles. The van der Waals surface area contributed by atoms with Crippen molar-refractivity contribution in [1.82, 2.24) is 10.2 Å². The fourth-order valence-corrected chi connectivity index (χ4v) is 6.37. The molecule has 0 spiro atoms. The van der Waals surface area contributed by atoms with Crippen molar-refractivity contribution in [3.05, 3.63) is 76.3 Å². The number of amides is 2. The summed E-state index contributed by atoms with van der Waals surface area (Å²) in [5.41, 5.74) is 0.0248. The van der Waals surface area contributed by atoms with E-state index in [0.29, 0.717) is 33.7 Å². The zero-order chi connectivity index (χ0) is 33.5. The Hall–Kier alpha value is -3.67. The summed E-state index contributed by atoms with van der Waals surface area (Å²) in [4.78, 5) is 28.7. The van der Waals surface area contributed by atoms with Crippen LogP contribution in [0.1, 0.15) is 40.2 Å². The van der Waals surface area contributed by atoms with E-state index >= 15 is 0 Å². The third kappa shape index (κ3) is 8.96. The maximum Gasteiger partial charge on any atom is 0.264 e. The second-order valence-electron chi connectivity index (χ2n) is 11.1. The molecule has 3 aromatic carbocycles. The van der Waals surface area contributed by atoms with Gasteiger partial charge in [0.1, 0.15) is 18.3 Å². The van der Waals surface area contributed by atoms with Crippen molar-refractivity contribution in [3.63, 3.8) is 0 Å². The Labute approximate surface area is 275 Å². The summed E-state index contributed by atoms with van der Waals surface area (Å²) in [7, 11) is -1.54. The van der Waals surface area contributed by atoms with Crippen molar-refractivity contribution < 1.29 is 32.2 Å². The molecule has 10 nitrogen and oxygen atoms in total. The number of hydrogen-bond acceptors (Lipinski definition) is 7. The molecule has 0 aliphatic rings. The summed E-state index contributed by atoms with van der Waals surface area (Å²) in [6, 6.07) is 14.4. The van der Waals surface area contributed by atoms with Crippen molar-refractivity contribution in [1.29, 1.82) is 0 Å². The minimum Gasteiger partial charge on any atom is -0.494 e. The largest absolute Gasteiger partial charge is 0.494 e. The van der Waals surface area contributed by atoms with Gasteiger partial charge in [0, 0.05) is 33.8 Å². The molecule has 3 rings (SSSR count). The number of carbonyl (C=O) groups excluding carboxylic acids is 2. The van der Waals surface area contributed by atoms with E-state index in [0.717, 1.165) is 4.31 Å². The Balaban J connectivity index is 2.13. The van der Waals surface area contributed by atoms with Gasteiger partial charge in [0.15, 0.2) is 11.5 Å². The van der Waals surface area contributed by atoms with E-state index < -0.39 is 40.0 Å². The monoisotopic (exact) mass is 679 g/mol. The van der Waals surface area contributed by atoms with Crippen molar-refractivity contribution in [2.75, 3.05) is 31.7 Å². The number of hydrogen-bond donors (Lipinski definition) is 1. The van der Waals surface area contributed by atoms with E-state index in [1.807, 2.05) is 27.7 Å². The first-order chi connectivity index (χ1) is 21.1. The molecule has 0 saturated heterocycles. The topological polar surface area (TPSA) is 114 Å². The van der Waals surface area contributed by atoms with Gasteiger partial charge in [0.25, 0.3) is 10.0 Å². The molecule has 0 fully saturated rings. The molecule has 1 N–H and O–H groups in total. The van der Waals surface area contributed by atoms with Crippen molar-refractivity contribution >= 4 is 50.7 Å². The number of carbonyl (C=O) groups is 2. The highest BCUT2D eigenvalue weighted by molar-refractivity contribution is 7.92. The molecule has 0 bridgehead atoms. The van der Waals surface area contributed by atoms with Crippen LogP contribution in [0.15, 0.2) is 65.6 Å². The number of rotatable bonds is 13. The molecule has 0 aromatic heterocycles. The second-order valence-corrected chi connectivity index (χ2v) is 13.8. The quantitative estimate of drug-likeness (QED) is 0.238. The zero-order valence-electron chi connectivity index (χ0n) is 26.4. The number of benzene rings is 3. The van der Waals surface area contributed by atoms with Crippen LogP contribution >= 0.6 is 23.2 Å². The van der Waals surface area contributed by atoms with Crippen LogP contribution < -0.4 is 23.8 Å². The number of methoxy groups -OCH3 is 2. The van der Waals surface area contributed by atoms with Gasteiger partial charge in [-0.05, 0) is 83.1 Å². The summed E-state index contributed by atoms with van der Waals surface area (Å²) in [6.45, 7) is 8.46. The van der Waals surface area contributed by atoms with Crippen LogP contribution in [0.2, 0.25) is 10.0 Å². The first-order valence-corrected chi connectivity index (χ1v) is 16.3. The highest BCUT2D eigenvalue weighted by Crippen LogP contribution is 2.33. The number of ether oxygens (including phenoxy) is 3. The minimum atomic E-state index is -4.37. The van der Waals surface area contributed by atoms with Crippen LogP contribution in [0, 0.1) is 0 Å². The van der Waals surface area contributed by atoms with E-state index in [4.69, 9.17) is 37.4 Å². The van der Waals surface area contributed by atoms with Crippen LogP contribution in [0.3, 0.4) is 0 Å². The Morgan fingerprint density at radius 3 is 2.07 bits per heavy atom. The SMILES string of the molecule is CCOc1ccc(N(CC(=O)N(Cc2c(Cl)cccc2Cl)[C@@H](C)C(=O)NC(C)(C)C)S(=O)(=O)c2ccc(OC)c(OC)c2)cc1. The van der Waals surface area contributed by atoms with Crippen LogP contribution in [0.5, 0.6) is 17.2 Å². The molecule has 45 heavy (non-hydrogen) atoms. The van der Waals surface area contributed by atoms with Gasteiger partial charge >= 0.3 is 0 Å². The Morgan fingerprint density at radius 2 is 1.53 bits per heavy atom. The first kappa shape index (κ1) is 35.8. The minimum absolute atomic E-state index is 0.138. The van der Waals surface area contributed by atoms with E-state index in [9.17, 15) is 18.0 Å². The number of nitrogens with zero attached hydrogens (tertiary/aromatic N) is 2. The summed E-state index contributed by atoms with van der Waals surface area (Å²) in [6.07, 6.45) is 0. The van der Waals surface area contributed by atoms with Crippen LogP contribution in [0.25, 0.3) is 0 Å². The van der Waals surface area contributed by atoms with Crippen LogP contribution in [-0.2, 0) is 26.2 Å². The Kier molecular flexibility index (Phi) is 12.0. The smallest absolute Gasteiger partial charge is 0.264 e. The molecule has 13 heteroatoms. The van der Waals surface area contributed by atoms with E-state index in [1.165, 1.54) is 37.3 Å².